The molecule has 0 radical (unpaired) electrons. The van der Waals surface area contributed by atoms with Gasteiger partial charge in [0.2, 0.25) is 0 Å². The van der Waals surface area contributed by atoms with E-state index in [2.05, 4.69) is 73.1 Å². The van der Waals surface area contributed by atoms with Gasteiger partial charge in [-0.1, -0.05) is 48.5 Å². The Morgan fingerprint density at radius 2 is 1.57 bits per heavy atom. The average molecular weight is 272 g/mol. The Kier molecular flexibility index (Phi) is 2.58. The number of benzene rings is 2. The Morgan fingerprint density at radius 1 is 0.857 bits per heavy atom. The molecule has 0 fully saturated rings. The van der Waals surface area contributed by atoms with E-state index < -0.39 is 0 Å². The lowest BCUT2D eigenvalue weighted by atomic mass is 10.0. The fourth-order valence-corrected chi connectivity index (χ4v) is 3.05. The number of aryl methyl sites for hydroxylation is 2. The van der Waals surface area contributed by atoms with Crippen LogP contribution in [0.2, 0.25) is 0 Å². The van der Waals surface area contributed by atoms with Crippen molar-refractivity contribution in [3.63, 3.8) is 0 Å². The second kappa shape index (κ2) is 4.45. The summed E-state index contributed by atoms with van der Waals surface area (Å²) >= 11 is 0. The van der Waals surface area contributed by atoms with Crippen molar-refractivity contribution in [1.29, 1.82) is 0 Å². The van der Waals surface area contributed by atoms with Crippen LogP contribution in [0.25, 0.3) is 33.1 Å². The molecule has 102 valence electrons. The van der Waals surface area contributed by atoms with E-state index in [1.807, 2.05) is 6.07 Å². The van der Waals surface area contributed by atoms with Crippen molar-refractivity contribution in [2.75, 3.05) is 0 Å². The zero-order valence-electron chi connectivity index (χ0n) is 12.2. The van der Waals surface area contributed by atoms with Crippen LogP contribution in [0.3, 0.4) is 0 Å². The summed E-state index contributed by atoms with van der Waals surface area (Å²) in [6.45, 7) is 2.09. The molecule has 2 aromatic heterocycles. The molecule has 2 aromatic carbocycles. The fraction of sp³-hybridized carbons (Fsp3) is 0.105. The van der Waals surface area contributed by atoms with Crippen molar-refractivity contribution < 1.29 is 0 Å². The normalized spacial score (nSPS) is 11.3. The molecule has 0 N–H and O–H groups in total. The van der Waals surface area contributed by atoms with Gasteiger partial charge in [-0.15, -0.1) is 0 Å². The van der Waals surface area contributed by atoms with Gasteiger partial charge in [0.1, 0.15) is 0 Å². The molecule has 0 aliphatic carbocycles. The zero-order chi connectivity index (χ0) is 14.4. The Hall–Kier alpha value is -2.61. The number of pyridine rings is 1. The largest absolute Gasteiger partial charge is 0.342 e. The van der Waals surface area contributed by atoms with Gasteiger partial charge in [-0.2, -0.15) is 0 Å². The van der Waals surface area contributed by atoms with Gasteiger partial charge in [0.15, 0.2) is 0 Å². The first-order chi connectivity index (χ1) is 10.3. The summed E-state index contributed by atoms with van der Waals surface area (Å²) in [7, 11) is 2.11. The average Bonchev–Trinajstić information content (AvgIpc) is 2.80. The maximum absolute atomic E-state index is 4.88. The van der Waals surface area contributed by atoms with Crippen LogP contribution in [-0.4, -0.2) is 9.55 Å². The van der Waals surface area contributed by atoms with Crippen molar-refractivity contribution in [3.8, 4) is 11.1 Å². The summed E-state index contributed by atoms with van der Waals surface area (Å²) in [6.07, 6.45) is 0. The highest BCUT2D eigenvalue weighted by Gasteiger charge is 2.12. The molecule has 2 heterocycles. The van der Waals surface area contributed by atoms with Crippen LogP contribution in [-0.2, 0) is 7.05 Å². The second-order valence-corrected chi connectivity index (χ2v) is 5.43. The zero-order valence-corrected chi connectivity index (χ0v) is 12.2. The minimum atomic E-state index is 1.07. The fourth-order valence-electron chi connectivity index (χ4n) is 3.05. The Bertz CT molecular complexity index is 950. The topological polar surface area (TPSA) is 17.8 Å². The number of para-hydroxylation sites is 1. The summed E-state index contributed by atoms with van der Waals surface area (Å²) in [5, 5.41) is 1.22. The Balaban J connectivity index is 2.11. The monoisotopic (exact) mass is 272 g/mol. The number of aromatic nitrogens is 2. The summed E-state index contributed by atoms with van der Waals surface area (Å²) < 4.78 is 2.23. The maximum atomic E-state index is 4.88. The minimum absolute atomic E-state index is 1.07. The number of hydrogen-bond acceptors (Lipinski definition) is 1. The van der Waals surface area contributed by atoms with E-state index >= 15 is 0 Å². The Labute approximate surface area is 123 Å². The lowest BCUT2D eigenvalue weighted by Gasteiger charge is -2.07. The second-order valence-electron chi connectivity index (χ2n) is 5.43. The molecule has 0 aliphatic heterocycles. The molecule has 0 unspecified atom stereocenters. The first-order valence-corrected chi connectivity index (χ1v) is 7.16. The van der Waals surface area contributed by atoms with Gasteiger partial charge in [-0.3, -0.25) is 4.98 Å². The third kappa shape index (κ3) is 1.76. The maximum Gasteiger partial charge on any atom is 0.0963 e. The van der Waals surface area contributed by atoms with Crippen LogP contribution in [0, 0.1) is 6.92 Å². The molecule has 0 atom stereocenters. The number of rotatable bonds is 1. The smallest absolute Gasteiger partial charge is 0.0963 e. The molecular weight excluding hydrogens is 256 g/mol. The molecule has 0 spiro atoms. The number of fused-ring (bicyclic) bond motifs is 3. The van der Waals surface area contributed by atoms with Gasteiger partial charge in [0.25, 0.3) is 0 Å². The van der Waals surface area contributed by atoms with Gasteiger partial charge >= 0.3 is 0 Å². The lowest BCUT2D eigenvalue weighted by molar-refractivity contribution is 1.01. The van der Waals surface area contributed by atoms with Gasteiger partial charge in [-0.25, -0.2) is 0 Å². The summed E-state index contributed by atoms with van der Waals surface area (Å²) in [5.41, 5.74) is 6.99. The first-order valence-electron chi connectivity index (χ1n) is 7.16. The number of nitrogens with zero attached hydrogens (tertiary/aromatic N) is 2. The van der Waals surface area contributed by atoms with Crippen LogP contribution < -0.4 is 0 Å². The standard InChI is InChI=1S/C19H16N2/c1-13-16(14-8-4-3-5-9-14)12-18-19(20-13)15-10-6-7-11-17(15)21(18)2/h3-12H,1-2H3. The van der Waals surface area contributed by atoms with E-state index in [9.17, 15) is 0 Å². The van der Waals surface area contributed by atoms with E-state index in [1.165, 1.54) is 27.5 Å². The predicted octanol–water partition coefficient (Wildman–Crippen LogP) is 4.70. The Morgan fingerprint density at radius 3 is 2.38 bits per heavy atom. The quantitative estimate of drug-likeness (QED) is 0.491. The van der Waals surface area contributed by atoms with E-state index in [4.69, 9.17) is 4.98 Å². The number of hydrogen-bond donors (Lipinski definition) is 0. The van der Waals surface area contributed by atoms with Crippen LogP contribution in [0.5, 0.6) is 0 Å². The van der Waals surface area contributed by atoms with Gasteiger partial charge in [0.05, 0.1) is 16.6 Å². The van der Waals surface area contributed by atoms with E-state index in [1.54, 1.807) is 0 Å². The summed E-state index contributed by atoms with van der Waals surface area (Å²) in [5.74, 6) is 0. The molecular formula is C19H16N2. The lowest BCUT2D eigenvalue weighted by Crippen LogP contribution is -1.91. The molecule has 0 aliphatic rings. The molecule has 21 heavy (non-hydrogen) atoms. The minimum Gasteiger partial charge on any atom is -0.342 e. The predicted molar refractivity (Wildman–Crippen MR) is 88.4 cm³/mol. The molecule has 4 rings (SSSR count). The van der Waals surface area contributed by atoms with Crippen molar-refractivity contribution in [1.82, 2.24) is 9.55 Å². The molecule has 2 heteroatoms. The van der Waals surface area contributed by atoms with E-state index in [-0.39, 0.29) is 0 Å². The van der Waals surface area contributed by atoms with Gasteiger partial charge in [-0.05, 0) is 24.6 Å². The highest BCUT2D eigenvalue weighted by molar-refractivity contribution is 6.06. The molecule has 2 nitrogen and oxygen atoms in total. The van der Waals surface area contributed by atoms with Crippen molar-refractivity contribution in [2.24, 2.45) is 7.05 Å². The van der Waals surface area contributed by atoms with E-state index in [0.717, 1.165) is 11.2 Å². The SMILES string of the molecule is Cc1nc2c3ccccc3n(C)c2cc1-c1ccccc1. The van der Waals surface area contributed by atoms with Crippen molar-refractivity contribution in [3.05, 3.63) is 66.4 Å². The third-order valence-electron chi connectivity index (χ3n) is 4.16. The first kappa shape index (κ1) is 12.2. The van der Waals surface area contributed by atoms with Crippen LogP contribution in [0.1, 0.15) is 5.69 Å². The van der Waals surface area contributed by atoms with Gasteiger partial charge < -0.3 is 4.57 Å². The highest BCUT2D eigenvalue weighted by Crippen LogP contribution is 2.31. The molecule has 0 bridgehead atoms. The summed E-state index contributed by atoms with van der Waals surface area (Å²) in [6, 6.07) is 21.2. The molecule has 0 amide bonds. The van der Waals surface area contributed by atoms with E-state index in [0.29, 0.717) is 0 Å². The molecule has 0 saturated carbocycles. The third-order valence-corrected chi connectivity index (χ3v) is 4.16. The highest BCUT2D eigenvalue weighted by atomic mass is 15.0. The van der Waals surface area contributed by atoms with Gasteiger partial charge in [0, 0.05) is 23.7 Å². The van der Waals surface area contributed by atoms with Crippen LogP contribution in [0.4, 0.5) is 0 Å². The van der Waals surface area contributed by atoms with Crippen LogP contribution >= 0.6 is 0 Å². The summed E-state index contributed by atoms with van der Waals surface area (Å²) in [4.78, 5) is 4.88. The molecule has 4 aromatic rings. The van der Waals surface area contributed by atoms with Crippen molar-refractivity contribution in [2.45, 2.75) is 6.92 Å². The van der Waals surface area contributed by atoms with Crippen LogP contribution in [0.15, 0.2) is 60.7 Å². The molecule has 0 saturated heterocycles. The van der Waals surface area contributed by atoms with Crippen molar-refractivity contribution >= 4 is 21.9 Å².